The number of hydrogen-bond acceptors (Lipinski definition) is 8. The van der Waals surface area contributed by atoms with Crippen molar-refractivity contribution in [3.8, 4) is 5.88 Å². The van der Waals surface area contributed by atoms with Crippen LogP contribution in [0.3, 0.4) is 0 Å². The van der Waals surface area contributed by atoms with Gasteiger partial charge in [0.1, 0.15) is 17.2 Å². The van der Waals surface area contributed by atoms with E-state index in [9.17, 15) is 10.1 Å². The molecule has 2 heterocycles. The molecular weight excluding hydrogens is 294 g/mol. The minimum absolute atomic E-state index is 0.0449. The third-order valence-corrected chi connectivity index (χ3v) is 3.91. The lowest BCUT2D eigenvalue weighted by atomic mass is 10.2. The van der Waals surface area contributed by atoms with Crippen molar-refractivity contribution in [3.63, 3.8) is 0 Å². The number of nitro groups is 1. The molecule has 0 unspecified atom stereocenters. The molecule has 0 aliphatic carbocycles. The molecule has 0 fully saturated rings. The number of aromatic nitrogens is 2. The van der Waals surface area contributed by atoms with Crippen molar-refractivity contribution in [2.24, 2.45) is 10.7 Å². The Kier molecular flexibility index (Phi) is 3.18. The molecule has 0 bridgehead atoms. The van der Waals surface area contributed by atoms with E-state index in [-0.39, 0.29) is 11.5 Å². The van der Waals surface area contributed by atoms with Crippen molar-refractivity contribution >= 4 is 29.0 Å². The quantitative estimate of drug-likeness (QED) is 0.511. The topological polar surface area (TPSA) is 117 Å². The number of methoxy groups -OCH3 is 1. The van der Waals surface area contributed by atoms with Gasteiger partial charge in [-0.1, -0.05) is 11.8 Å². The zero-order valence-corrected chi connectivity index (χ0v) is 11.6. The average Bonchev–Trinajstić information content (AvgIpc) is 2.62. The number of nitro benzene ring substituents is 1. The van der Waals surface area contributed by atoms with Crippen LogP contribution >= 0.6 is 11.8 Å². The lowest BCUT2D eigenvalue weighted by Crippen LogP contribution is -2.13. The maximum atomic E-state index is 10.9. The fraction of sp³-hybridized carbons (Fsp3) is 0.0833. The SMILES string of the molecule is COc1ncnc2c1N=C(N)c1cc([N+](=O)[O-])ccc1S2. The second-order valence-corrected chi connectivity index (χ2v) is 5.10. The van der Waals surface area contributed by atoms with Crippen molar-refractivity contribution in [1.29, 1.82) is 0 Å². The van der Waals surface area contributed by atoms with Gasteiger partial charge in [-0.2, -0.15) is 4.98 Å². The normalized spacial score (nSPS) is 12.7. The molecule has 106 valence electrons. The summed E-state index contributed by atoms with van der Waals surface area (Å²) >= 11 is 1.31. The summed E-state index contributed by atoms with van der Waals surface area (Å²) in [5.41, 5.74) is 6.82. The molecule has 0 atom stereocenters. The molecule has 2 aromatic rings. The molecule has 3 rings (SSSR count). The Morgan fingerprint density at radius 2 is 2.19 bits per heavy atom. The molecule has 0 spiro atoms. The summed E-state index contributed by atoms with van der Waals surface area (Å²) in [7, 11) is 1.47. The minimum Gasteiger partial charge on any atom is -0.479 e. The Hall–Kier alpha value is -2.68. The lowest BCUT2D eigenvalue weighted by molar-refractivity contribution is -0.384. The van der Waals surface area contributed by atoms with E-state index in [4.69, 9.17) is 10.5 Å². The number of hydrogen-bond donors (Lipinski definition) is 1. The highest BCUT2D eigenvalue weighted by Crippen LogP contribution is 2.42. The van der Waals surface area contributed by atoms with Gasteiger partial charge in [-0.25, -0.2) is 9.98 Å². The number of ether oxygens (including phenoxy) is 1. The van der Waals surface area contributed by atoms with Gasteiger partial charge in [0.05, 0.1) is 12.0 Å². The van der Waals surface area contributed by atoms with Gasteiger partial charge >= 0.3 is 0 Å². The number of non-ortho nitro benzene ring substituents is 1. The van der Waals surface area contributed by atoms with E-state index in [1.165, 1.54) is 37.3 Å². The zero-order chi connectivity index (χ0) is 15.0. The molecule has 0 amide bonds. The summed E-state index contributed by atoms with van der Waals surface area (Å²) in [6.07, 6.45) is 1.37. The van der Waals surface area contributed by atoms with E-state index in [1.807, 2.05) is 0 Å². The molecular formula is C12H9N5O3S. The first-order valence-electron chi connectivity index (χ1n) is 5.80. The second-order valence-electron chi connectivity index (χ2n) is 4.07. The highest BCUT2D eigenvalue weighted by atomic mass is 32.2. The highest BCUT2D eigenvalue weighted by Gasteiger charge is 2.22. The predicted molar refractivity (Wildman–Crippen MR) is 76.2 cm³/mol. The second kappa shape index (κ2) is 5.02. The summed E-state index contributed by atoms with van der Waals surface area (Å²) in [6, 6.07) is 4.44. The van der Waals surface area contributed by atoms with Gasteiger partial charge in [0.25, 0.3) is 5.69 Å². The van der Waals surface area contributed by atoms with Crippen molar-refractivity contribution in [2.75, 3.05) is 7.11 Å². The Bertz CT molecular complexity index is 777. The van der Waals surface area contributed by atoms with Crippen LogP contribution in [-0.4, -0.2) is 27.8 Å². The van der Waals surface area contributed by atoms with E-state index in [1.54, 1.807) is 6.07 Å². The van der Waals surface area contributed by atoms with Crippen LogP contribution in [-0.2, 0) is 0 Å². The Morgan fingerprint density at radius 3 is 2.90 bits per heavy atom. The van der Waals surface area contributed by atoms with Crippen LogP contribution < -0.4 is 10.5 Å². The summed E-state index contributed by atoms with van der Waals surface area (Å²) in [5.74, 6) is 0.464. The third kappa shape index (κ3) is 2.27. The number of rotatable bonds is 2. The zero-order valence-electron chi connectivity index (χ0n) is 10.8. The predicted octanol–water partition coefficient (Wildman–Crippen LogP) is 1.90. The average molecular weight is 303 g/mol. The van der Waals surface area contributed by atoms with E-state index < -0.39 is 4.92 Å². The summed E-state index contributed by atoms with van der Waals surface area (Å²) in [5, 5.41) is 11.5. The van der Waals surface area contributed by atoms with Crippen LogP contribution in [0.4, 0.5) is 11.4 Å². The van der Waals surface area contributed by atoms with Crippen LogP contribution in [0.15, 0.2) is 39.4 Å². The molecule has 1 aliphatic heterocycles. The lowest BCUT2D eigenvalue weighted by Gasteiger charge is -2.05. The maximum absolute atomic E-state index is 10.9. The minimum atomic E-state index is -0.476. The number of fused-ring (bicyclic) bond motifs is 2. The van der Waals surface area contributed by atoms with Gasteiger partial charge in [0.15, 0.2) is 5.69 Å². The molecule has 1 aromatic heterocycles. The van der Waals surface area contributed by atoms with Crippen molar-refractivity contribution in [3.05, 3.63) is 40.2 Å². The monoisotopic (exact) mass is 303 g/mol. The molecule has 21 heavy (non-hydrogen) atoms. The van der Waals surface area contributed by atoms with Crippen LogP contribution in [0.5, 0.6) is 5.88 Å². The smallest absolute Gasteiger partial charge is 0.270 e. The molecule has 1 aromatic carbocycles. The Morgan fingerprint density at radius 1 is 1.38 bits per heavy atom. The highest BCUT2D eigenvalue weighted by molar-refractivity contribution is 7.99. The Labute approximate surface area is 123 Å². The number of benzene rings is 1. The van der Waals surface area contributed by atoms with Gasteiger partial charge < -0.3 is 10.5 Å². The largest absolute Gasteiger partial charge is 0.479 e. The van der Waals surface area contributed by atoms with Crippen molar-refractivity contribution < 1.29 is 9.66 Å². The first kappa shape index (κ1) is 13.3. The molecule has 0 saturated carbocycles. The van der Waals surface area contributed by atoms with Crippen molar-refractivity contribution in [2.45, 2.75) is 9.92 Å². The summed E-state index contributed by atoms with van der Waals surface area (Å²) in [6.45, 7) is 0. The van der Waals surface area contributed by atoms with Crippen molar-refractivity contribution in [1.82, 2.24) is 9.97 Å². The van der Waals surface area contributed by atoms with Crippen LogP contribution in [0.1, 0.15) is 5.56 Å². The molecule has 1 aliphatic rings. The first-order valence-corrected chi connectivity index (χ1v) is 6.61. The summed E-state index contributed by atoms with van der Waals surface area (Å²) in [4.78, 5) is 23.5. The van der Waals surface area contributed by atoms with E-state index >= 15 is 0 Å². The van der Waals surface area contributed by atoms with Gasteiger partial charge in [-0.3, -0.25) is 10.1 Å². The maximum Gasteiger partial charge on any atom is 0.270 e. The van der Waals surface area contributed by atoms with E-state index in [0.29, 0.717) is 22.2 Å². The van der Waals surface area contributed by atoms with Gasteiger partial charge in [0, 0.05) is 22.6 Å². The van der Waals surface area contributed by atoms with Crippen LogP contribution in [0.25, 0.3) is 0 Å². The number of aliphatic imine (C=N–C) groups is 1. The van der Waals surface area contributed by atoms with E-state index in [2.05, 4.69) is 15.0 Å². The fourth-order valence-corrected chi connectivity index (χ4v) is 2.82. The third-order valence-electron chi connectivity index (χ3n) is 2.84. The van der Waals surface area contributed by atoms with Gasteiger partial charge in [-0.05, 0) is 6.07 Å². The number of nitrogens with two attached hydrogens (primary N) is 1. The van der Waals surface area contributed by atoms with E-state index in [0.717, 1.165) is 4.90 Å². The number of amidine groups is 1. The molecule has 2 N–H and O–H groups in total. The molecule has 0 radical (unpaired) electrons. The number of nitrogens with zero attached hydrogens (tertiary/aromatic N) is 4. The van der Waals surface area contributed by atoms with Gasteiger partial charge in [0.2, 0.25) is 5.88 Å². The first-order chi connectivity index (χ1) is 10.1. The van der Waals surface area contributed by atoms with Gasteiger partial charge in [-0.15, -0.1) is 0 Å². The van der Waals surface area contributed by atoms with Crippen LogP contribution in [0.2, 0.25) is 0 Å². The van der Waals surface area contributed by atoms with Crippen LogP contribution in [0, 0.1) is 10.1 Å². The molecule has 0 saturated heterocycles. The Balaban J connectivity index is 2.20. The molecule has 8 nitrogen and oxygen atoms in total. The summed E-state index contributed by atoms with van der Waals surface area (Å²) < 4.78 is 5.14. The fourth-order valence-electron chi connectivity index (χ4n) is 1.87. The molecule has 9 heteroatoms. The standard InChI is InChI=1S/C12H9N5O3S/c1-20-11-9-12(15-5-14-11)21-8-3-2-6(17(18)19)4-7(8)10(13)16-9/h2-5H,1H3,(H2,13,16).